The second-order valence-corrected chi connectivity index (χ2v) is 10.0. The molecule has 8 nitrogen and oxygen atoms in total. The molecule has 2 aliphatic heterocycles. The fourth-order valence-corrected chi connectivity index (χ4v) is 5.39. The fourth-order valence-electron chi connectivity index (χ4n) is 4.87. The fraction of sp³-hybridized carbons (Fsp3) is 0.200. The van der Waals surface area contributed by atoms with Crippen LogP contribution in [0.25, 0.3) is 10.9 Å². The molecule has 0 aliphatic carbocycles. The molecule has 2 atom stereocenters. The van der Waals surface area contributed by atoms with Crippen LogP contribution in [-0.2, 0) is 20.7 Å². The van der Waals surface area contributed by atoms with Crippen LogP contribution in [0.4, 0.5) is 5.82 Å². The SMILES string of the molecule is CS(=O)(=O)OC1c2c([nH]c3ccccc3c2=O)[C@@H](c2ccc3c(c2)CCO3)N1c1ccccn1. The van der Waals surface area contributed by atoms with E-state index in [9.17, 15) is 13.2 Å². The number of nitrogens with one attached hydrogen (secondary N) is 1. The Morgan fingerprint density at radius 2 is 1.94 bits per heavy atom. The van der Waals surface area contributed by atoms with E-state index in [-0.39, 0.29) is 11.0 Å². The molecular weight excluding hydrogens is 454 g/mol. The first kappa shape index (κ1) is 20.9. The van der Waals surface area contributed by atoms with Crippen LogP contribution < -0.4 is 15.1 Å². The number of ether oxygens (including phenoxy) is 1. The van der Waals surface area contributed by atoms with Gasteiger partial charge in [0.1, 0.15) is 11.6 Å². The van der Waals surface area contributed by atoms with Gasteiger partial charge in [0.15, 0.2) is 11.7 Å². The Kier molecular flexibility index (Phi) is 4.72. The summed E-state index contributed by atoms with van der Waals surface area (Å²) >= 11 is 0. The number of aromatic nitrogens is 2. The summed E-state index contributed by atoms with van der Waals surface area (Å²) in [5, 5.41) is 0.465. The maximum absolute atomic E-state index is 13.7. The lowest BCUT2D eigenvalue weighted by Crippen LogP contribution is -2.31. The second-order valence-electron chi connectivity index (χ2n) is 8.44. The van der Waals surface area contributed by atoms with Gasteiger partial charge in [-0.3, -0.25) is 4.79 Å². The van der Waals surface area contributed by atoms with Crippen LogP contribution >= 0.6 is 0 Å². The highest BCUT2D eigenvalue weighted by molar-refractivity contribution is 7.86. The van der Waals surface area contributed by atoms with E-state index >= 15 is 0 Å². The molecule has 2 aliphatic rings. The molecule has 0 radical (unpaired) electrons. The lowest BCUT2D eigenvalue weighted by Gasteiger charge is -2.31. The van der Waals surface area contributed by atoms with Gasteiger partial charge in [-0.1, -0.05) is 24.3 Å². The van der Waals surface area contributed by atoms with E-state index in [1.165, 1.54) is 0 Å². The standard InChI is InChI=1S/C25H21N3O5S/c1-34(30,31)33-25-21-22(27-18-7-3-2-6-17(18)24(21)29)23(28(25)20-8-4-5-12-26-20)16-9-10-19-15(14-16)11-13-32-19/h2-10,12,14,23,25H,11,13H2,1H3,(H,27,29)/t23-,25?/m1/s1. The van der Waals surface area contributed by atoms with Crippen molar-refractivity contribution in [1.29, 1.82) is 0 Å². The van der Waals surface area contributed by atoms with E-state index in [1.54, 1.807) is 35.4 Å². The van der Waals surface area contributed by atoms with Crippen LogP contribution in [0.3, 0.4) is 0 Å². The Bertz CT molecular complexity index is 1580. The molecule has 2 aromatic carbocycles. The molecule has 0 fully saturated rings. The van der Waals surface area contributed by atoms with Crippen molar-refractivity contribution < 1.29 is 17.3 Å². The van der Waals surface area contributed by atoms with Crippen LogP contribution in [0.15, 0.2) is 71.7 Å². The molecule has 0 saturated carbocycles. The lowest BCUT2D eigenvalue weighted by atomic mass is 9.98. The number of anilines is 1. The van der Waals surface area contributed by atoms with Crippen LogP contribution in [0.2, 0.25) is 0 Å². The predicted octanol–water partition coefficient (Wildman–Crippen LogP) is 3.44. The Morgan fingerprint density at radius 1 is 1.12 bits per heavy atom. The zero-order valence-electron chi connectivity index (χ0n) is 18.3. The van der Waals surface area contributed by atoms with Crippen LogP contribution in [0.1, 0.15) is 34.7 Å². The van der Waals surface area contributed by atoms with Crippen LogP contribution in [-0.4, -0.2) is 31.2 Å². The average molecular weight is 476 g/mol. The van der Waals surface area contributed by atoms with Gasteiger partial charge in [0.25, 0.3) is 10.1 Å². The molecule has 172 valence electrons. The largest absolute Gasteiger partial charge is 0.493 e. The Hall–Kier alpha value is -3.69. The Labute approximate surface area is 195 Å². The van der Waals surface area contributed by atoms with E-state index in [0.29, 0.717) is 29.0 Å². The van der Waals surface area contributed by atoms with Gasteiger partial charge in [0.05, 0.1) is 30.2 Å². The Balaban J connectivity index is 1.66. The van der Waals surface area contributed by atoms with E-state index in [2.05, 4.69) is 9.97 Å². The summed E-state index contributed by atoms with van der Waals surface area (Å²) in [6, 6.07) is 17.9. The summed E-state index contributed by atoms with van der Waals surface area (Å²) in [7, 11) is -3.92. The van der Waals surface area contributed by atoms with Crippen molar-refractivity contribution in [2.75, 3.05) is 17.8 Å². The maximum Gasteiger partial charge on any atom is 0.266 e. The highest BCUT2D eigenvalue weighted by atomic mass is 32.2. The van der Waals surface area contributed by atoms with Gasteiger partial charge < -0.3 is 14.6 Å². The van der Waals surface area contributed by atoms with Gasteiger partial charge in [-0.15, -0.1) is 0 Å². The second kappa shape index (κ2) is 7.68. The molecule has 34 heavy (non-hydrogen) atoms. The molecule has 9 heteroatoms. The summed E-state index contributed by atoms with van der Waals surface area (Å²) in [6.45, 7) is 0.616. The molecule has 4 heterocycles. The van der Waals surface area contributed by atoms with Crippen LogP contribution in [0.5, 0.6) is 5.75 Å². The zero-order chi connectivity index (χ0) is 23.4. The van der Waals surface area contributed by atoms with Crippen molar-refractivity contribution in [2.24, 2.45) is 0 Å². The molecule has 2 aromatic heterocycles. The molecule has 1 N–H and O–H groups in total. The number of hydrogen-bond donors (Lipinski definition) is 1. The number of H-pyrrole nitrogens is 1. The zero-order valence-corrected chi connectivity index (χ0v) is 19.1. The number of aromatic amines is 1. The topological polar surface area (TPSA) is 102 Å². The number of benzene rings is 2. The first-order valence-electron chi connectivity index (χ1n) is 10.9. The third kappa shape index (κ3) is 3.36. The number of fused-ring (bicyclic) bond motifs is 3. The summed E-state index contributed by atoms with van der Waals surface area (Å²) in [5.74, 6) is 1.33. The number of para-hydroxylation sites is 1. The molecule has 4 aromatic rings. The van der Waals surface area contributed by atoms with Gasteiger partial charge in [-0.25, -0.2) is 9.17 Å². The Morgan fingerprint density at radius 3 is 2.74 bits per heavy atom. The molecule has 6 rings (SSSR count). The first-order chi connectivity index (χ1) is 16.4. The summed E-state index contributed by atoms with van der Waals surface area (Å²) in [4.78, 5) is 23.3. The number of pyridine rings is 2. The van der Waals surface area contributed by atoms with Crippen molar-refractivity contribution in [3.05, 3.63) is 99.5 Å². The summed E-state index contributed by atoms with van der Waals surface area (Å²) in [5.41, 5.74) is 3.18. The number of rotatable bonds is 4. The van der Waals surface area contributed by atoms with Crippen LogP contribution in [0, 0.1) is 0 Å². The highest BCUT2D eigenvalue weighted by Crippen LogP contribution is 2.47. The number of hydrogen-bond acceptors (Lipinski definition) is 7. The highest BCUT2D eigenvalue weighted by Gasteiger charge is 2.45. The molecule has 0 spiro atoms. The van der Waals surface area contributed by atoms with Crippen molar-refractivity contribution in [3.63, 3.8) is 0 Å². The summed E-state index contributed by atoms with van der Waals surface area (Å²) < 4.78 is 35.9. The quantitative estimate of drug-likeness (QED) is 0.451. The monoisotopic (exact) mass is 475 g/mol. The molecular formula is C25H21N3O5S. The van der Waals surface area contributed by atoms with E-state index in [1.807, 2.05) is 36.4 Å². The average Bonchev–Trinajstić information content (AvgIpc) is 3.41. The predicted molar refractivity (Wildman–Crippen MR) is 127 cm³/mol. The minimum atomic E-state index is -3.92. The van der Waals surface area contributed by atoms with Gasteiger partial charge >= 0.3 is 0 Å². The molecule has 0 saturated heterocycles. The summed E-state index contributed by atoms with van der Waals surface area (Å²) in [6.07, 6.45) is 2.22. The smallest absolute Gasteiger partial charge is 0.266 e. The minimum absolute atomic E-state index is 0.261. The number of nitrogens with zero attached hydrogens (tertiary/aromatic N) is 2. The van der Waals surface area contributed by atoms with Gasteiger partial charge in [-0.05, 0) is 47.5 Å². The third-order valence-corrected chi connectivity index (χ3v) is 6.77. The van der Waals surface area contributed by atoms with Gasteiger partial charge in [0, 0.05) is 23.5 Å². The normalized spacial score (nSPS) is 19.1. The van der Waals surface area contributed by atoms with E-state index < -0.39 is 22.4 Å². The van der Waals surface area contributed by atoms with Gasteiger partial charge in [0.2, 0.25) is 0 Å². The lowest BCUT2D eigenvalue weighted by molar-refractivity contribution is 0.213. The first-order valence-corrected chi connectivity index (χ1v) is 12.7. The van der Waals surface area contributed by atoms with Crippen molar-refractivity contribution in [3.8, 4) is 5.75 Å². The third-order valence-electron chi connectivity index (χ3n) is 6.24. The molecule has 0 amide bonds. The maximum atomic E-state index is 13.7. The molecule has 0 bridgehead atoms. The van der Waals surface area contributed by atoms with E-state index in [0.717, 1.165) is 29.6 Å². The van der Waals surface area contributed by atoms with Crippen molar-refractivity contribution >= 4 is 26.8 Å². The minimum Gasteiger partial charge on any atom is -0.493 e. The van der Waals surface area contributed by atoms with E-state index in [4.69, 9.17) is 8.92 Å². The van der Waals surface area contributed by atoms with Crippen molar-refractivity contribution in [2.45, 2.75) is 18.7 Å². The molecule has 1 unspecified atom stereocenters. The van der Waals surface area contributed by atoms with Gasteiger partial charge in [-0.2, -0.15) is 8.42 Å². The van der Waals surface area contributed by atoms with Crippen molar-refractivity contribution in [1.82, 2.24) is 9.97 Å².